The molecule has 31 heavy (non-hydrogen) atoms. The van der Waals surface area contributed by atoms with E-state index in [-0.39, 0.29) is 17.6 Å². The molecule has 160 valence electrons. The zero-order valence-electron chi connectivity index (χ0n) is 18.0. The van der Waals surface area contributed by atoms with Crippen molar-refractivity contribution >= 4 is 42.2 Å². The van der Waals surface area contributed by atoms with Gasteiger partial charge < -0.3 is 11.1 Å². The minimum atomic E-state index is -1.62. The van der Waals surface area contributed by atoms with Crippen LogP contribution < -0.4 is 16.6 Å². The molecule has 1 aliphatic rings. The predicted molar refractivity (Wildman–Crippen MR) is 128 cm³/mol. The molecule has 0 bridgehead atoms. The van der Waals surface area contributed by atoms with Crippen LogP contribution in [0.15, 0.2) is 29.3 Å². The van der Waals surface area contributed by atoms with Gasteiger partial charge in [-0.05, 0) is 31.9 Å². The summed E-state index contributed by atoms with van der Waals surface area (Å²) in [7, 11) is -1.62. The van der Waals surface area contributed by atoms with Crippen molar-refractivity contribution in [3.63, 3.8) is 0 Å². The monoisotopic (exact) mass is 452 g/mol. The number of halogens is 1. The zero-order chi connectivity index (χ0) is 22.3. The summed E-state index contributed by atoms with van der Waals surface area (Å²) in [4.78, 5) is 26.6. The fraction of sp³-hybridized carbons (Fsp3) is 0.364. The second kappa shape index (κ2) is 7.98. The van der Waals surface area contributed by atoms with Gasteiger partial charge in [0.05, 0.1) is 22.0 Å². The van der Waals surface area contributed by atoms with E-state index in [0.29, 0.717) is 38.9 Å². The zero-order valence-corrected chi connectivity index (χ0v) is 19.8. The Morgan fingerprint density at radius 3 is 2.71 bits per heavy atom. The van der Waals surface area contributed by atoms with Crippen LogP contribution in [-0.4, -0.2) is 27.6 Å². The molecule has 1 aromatic carbocycles. The minimum absolute atomic E-state index is 0.109. The highest BCUT2D eigenvalue weighted by atomic mass is 35.5. The second-order valence-corrected chi connectivity index (χ2v) is 14.0. The van der Waals surface area contributed by atoms with Crippen LogP contribution >= 0.6 is 11.6 Å². The van der Waals surface area contributed by atoms with Crippen LogP contribution in [0.2, 0.25) is 24.7 Å². The Morgan fingerprint density at radius 1 is 1.29 bits per heavy atom. The molecule has 0 spiro atoms. The Kier molecular flexibility index (Phi) is 5.50. The number of aromatic nitrogens is 4. The van der Waals surface area contributed by atoms with E-state index in [0.717, 1.165) is 12.8 Å². The molecule has 1 atom stereocenters. The van der Waals surface area contributed by atoms with Crippen LogP contribution in [-0.2, 0) is 0 Å². The van der Waals surface area contributed by atoms with Crippen LogP contribution in [0.1, 0.15) is 43.2 Å². The highest BCUT2D eigenvalue weighted by Crippen LogP contribution is 2.37. The lowest BCUT2D eigenvalue weighted by atomic mass is 10.2. The van der Waals surface area contributed by atoms with Crippen molar-refractivity contribution < 1.29 is 0 Å². The molecule has 0 radical (unpaired) electrons. The Labute approximate surface area is 187 Å². The number of hydrogen-bond donors (Lipinski definition) is 2. The standard InChI is InChI=1S/C22H25ClN6OSi/c1-13(27-20-15(10-11-31(2,3)4)19(24)25-12-26-20)21-28-17-7-5-6-16(23)18(17)22(30)29(21)14-8-9-14/h5-7,12-14H,8-9H2,1-4H3,(H3,24,25,26,27)/t13-/m0/s1. The van der Waals surface area contributed by atoms with E-state index in [9.17, 15) is 4.79 Å². The number of hydrogen-bond acceptors (Lipinski definition) is 6. The topological polar surface area (TPSA) is 98.7 Å². The van der Waals surface area contributed by atoms with Gasteiger partial charge in [0.2, 0.25) is 0 Å². The summed E-state index contributed by atoms with van der Waals surface area (Å²) in [5.41, 5.74) is 10.5. The second-order valence-electron chi connectivity index (χ2n) is 8.86. The summed E-state index contributed by atoms with van der Waals surface area (Å²) in [5.74, 6) is 4.67. The van der Waals surface area contributed by atoms with E-state index in [4.69, 9.17) is 22.3 Å². The summed E-state index contributed by atoms with van der Waals surface area (Å²) in [6.07, 6.45) is 3.31. The van der Waals surface area contributed by atoms with Gasteiger partial charge in [0.15, 0.2) is 0 Å². The molecule has 0 aliphatic heterocycles. The predicted octanol–water partition coefficient (Wildman–Crippen LogP) is 4.16. The largest absolute Gasteiger partial charge is 0.382 e. The van der Waals surface area contributed by atoms with Gasteiger partial charge >= 0.3 is 0 Å². The van der Waals surface area contributed by atoms with Gasteiger partial charge in [-0.2, -0.15) is 0 Å². The van der Waals surface area contributed by atoms with Crippen molar-refractivity contribution in [3.05, 3.63) is 51.3 Å². The number of nitrogens with two attached hydrogens (primary N) is 1. The van der Waals surface area contributed by atoms with Crippen molar-refractivity contribution in [1.82, 2.24) is 19.5 Å². The Balaban J connectivity index is 1.79. The van der Waals surface area contributed by atoms with Crippen molar-refractivity contribution in [2.45, 2.75) is 51.5 Å². The Hall–Kier alpha value is -2.89. The number of fused-ring (bicyclic) bond motifs is 1. The van der Waals surface area contributed by atoms with E-state index < -0.39 is 8.07 Å². The molecule has 9 heteroatoms. The molecule has 0 amide bonds. The van der Waals surface area contributed by atoms with Gasteiger partial charge in [0.1, 0.15) is 37.4 Å². The molecule has 1 fully saturated rings. The number of anilines is 2. The first-order valence-electron chi connectivity index (χ1n) is 10.3. The van der Waals surface area contributed by atoms with Crippen molar-refractivity contribution in [1.29, 1.82) is 0 Å². The van der Waals surface area contributed by atoms with Gasteiger partial charge in [-0.3, -0.25) is 9.36 Å². The number of rotatable bonds is 4. The van der Waals surface area contributed by atoms with Gasteiger partial charge in [-0.15, -0.1) is 5.54 Å². The SMILES string of the molecule is C[C@H](Nc1ncnc(N)c1C#C[Si](C)(C)C)c1nc2cccc(Cl)c2c(=O)n1C1CC1. The van der Waals surface area contributed by atoms with Crippen LogP contribution in [0, 0.1) is 11.5 Å². The highest BCUT2D eigenvalue weighted by Gasteiger charge is 2.30. The first-order chi connectivity index (χ1) is 14.7. The third kappa shape index (κ3) is 4.43. The lowest BCUT2D eigenvalue weighted by Gasteiger charge is -2.20. The quantitative estimate of drug-likeness (QED) is 0.455. The molecule has 2 aromatic heterocycles. The molecule has 0 saturated heterocycles. The van der Waals surface area contributed by atoms with Crippen molar-refractivity contribution in [3.8, 4) is 11.5 Å². The van der Waals surface area contributed by atoms with E-state index in [1.54, 1.807) is 16.7 Å². The van der Waals surface area contributed by atoms with Crippen molar-refractivity contribution in [2.75, 3.05) is 11.1 Å². The van der Waals surface area contributed by atoms with Crippen LogP contribution in [0.5, 0.6) is 0 Å². The molecule has 7 nitrogen and oxygen atoms in total. The molecule has 1 aliphatic carbocycles. The van der Waals surface area contributed by atoms with E-state index in [2.05, 4.69) is 46.4 Å². The Morgan fingerprint density at radius 2 is 2.03 bits per heavy atom. The van der Waals surface area contributed by atoms with Gasteiger partial charge in [-0.1, -0.05) is 43.2 Å². The third-order valence-electron chi connectivity index (χ3n) is 5.00. The maximum atomic E-state index is 13.3. The highest BCUT2D eigenvalue weighted by molar-refractivity contribution is 6.83. The number of nitrogen functional groups attached to an aromatic ring is 1. The summed E-state index contributed by atoms with van der Waals surface area (Å²) >= 11 is 6.32. The van der Waals surface area contributed by atoms with Gasteiger partial charge in [0, 0.05) is 6.04 Å². The van der Waals surface area contributed by atoms with Crippen LogP contribution in [0.25, 0.3) is 10.9 Å². The molecular weight excluding hydrogens is 428 g/mol. The molecule has 1 saturated carbocycles. The van der Waals surface area contributed by atoms with E-state index in [1.807, 2.05) is 13.0 Å². The smallest absolute Gasteiger partial charge is 0.263 e. The average molecular weight is 453 g/mol. The summed E-state index contributed by atoms with van der Waals surface area (Å²) in [5, 5.41) is 4.24. The number of nitrogens with zero attached hydrogens (tertiary/aromatic N) is 4. The van der Waals surface area contributed by atoms with Gasteiger partial charge in [-0.25, -0.2) is 15.0 Å². The minimum Gasteiger partial charge on any atom is -0.382 e. The maximum absolute atomic E-state index is 13.3. The first kappa shape index (κ1) is 21.3. The van der Waals surface area contributed by atoms with Crippen molar-refractivity contribution in [2.24, 2.45) is 0 Å². The Bertz CT molecular complexity index is 1280. The molecule has 4 rings (SSSR count). The summed E-state index contributed by atoms with van der Waals surface area (Å²) in [6, 6.07) is 5.16. The van der Waals surface area contributed by atoms with E-state index >= 15 is 0 Å². The number of benzene rings is 1. The molecule has 2 heterocycles. The maximum Gasteiger partial charge on any atom is 0.263 e. The summed E-state index contributed by atoms with van der Waals surface area (Å²) < 4.78 is 1.77. The molecule has 3 aromatic rings. The van der Waals surface area contributed by atoms with Gasteiger partial charge in [0.25, 0.3) is 5.56 Å². The number of nitrogens with one attached hydrogen (secondary N) is 1. The fourth-order valence-electron chi connectivity index (χ4n) is 3.36. The summed E-state index contributed by atoms with van der Waals surface area (Å²) in [6.45, 7) is 8.43. The molecule has 0 unspecified atom stereocenters. The van der Waals surface area contributed by atoms with Crippen LogP contribution in [0.4, 0.5) is 11.6 Å². The molecular formula is C22H25ClN6OSi. The normalized spacial score (nSPS) is 14.7. The first-order valence-corrected chi connectivity index (χ1v) is 14.1. The fourth-order valence-corrected chi connectivity index (χ4v) is 4.11. The third-order valence-corrected chi connectivity index (χ3v) is 6.19. The lowest BCUT2D eigenvalue weighted by Crippen LogP contribution is -2.28. The van der Waals surface area contributed by atoms with Crippen LogP contribution in [0.3, 0.4) is 0 Å². The lowest BCUT2D eigenvalue weighted by molar-refractivity contribution is 0.609. The molecule has 3 N–H and O–H groups in total. The average Bonchev–Trinajstić information content (AvgIpc) is 3.51. The van der Waals surface area contributed by atoms with E-state index in [1.165, 1.54) is 6.33 Å².